The molecule has 152 valence electrons. The highest BCUT2D eigenvalue weighted by molar-refractivity contribution is 6.08. The summed E-state index contributed by atoms with van der Waals surface area (Å²) in [5, 5.41) is 2.77. The first-order valence-electron chi connectivity index (χ1n) is 9.53. The van der Waals surface area contributed by atoms with Crippen molar-refractivity contribution in [3.05, 3.63) is 42.6 Å². The number of nitrogens with zero attached hydrogens (tertiary/aromatic N) is 5. The molecule has 2 aromatic rings. The van der Waals surface area contributed by atoms with Crippen LogP contribution in [-0.4, -0.2) is 65.5 Å². The van der Waals surface area contributed by atoms with Crippen LogP contribution < -0.4 is 10.2 Å². The van der Waals surface area contributed by atoms with Crippen LogP contribution in [0.4, 0.5) is 5.95 Å². The number of carbonyl (C=O) groups excluding carboxylic acids is 2. The largest absolute Gasteiger partial charge is 0.467 e. The van der Waals surface area contributed by atoms with Crippen LogP contribution in [0.15, 0.2) is 46.3 Å². The maximum atomic E-state index is 12.8. The van der Waals surface area contributed by atoms with Gasteiger partial charge < -0.3 is 19.0 Å². The maximum absolute atomic E-state index is 12.8. The molecule has 1 saturated heterocycles. The number of ether oxygens (including phenoxy) is 1. The number of hydrogen-bond donors (Lipinski definition) is 1. The first-order chi connectivity index (χ1) is 14.2. The third-order valence-corrected chi connectivity index (χ3v) is 4.88. The summed E-state index contributed by atoms with van der Waals surface area (Å²) in [6, 6.07) is 4.43. The lowest BCUT2D eigenvalue weighted by molar-refractivity contribution is -0.153. The summed E-state index contributed by atoms with van der Waals surface area (Å²) >= 11 is 0. The van der Waals surface area contributed by atoms with E-state index in [1.165, 1.54) is 6.26 Å². The quantitative estimate of drug-likeness (QED) is 0.588. The molecule has 0 aliphatic carbocycles. The van der Waals surface area contributed by atoms with E-state index in [2.05, 4.69) is 25.2 Å². The molecule has 2 aliphatic heterocycles. The number of aliphatic imine (C=N–C) groups is 1. The molecule has 0 bridgehead atoms. The Morgan fingerprint density at radius 3 is 2.59 bits per heavy atom. The normalized spacial score (nSPS) is 22.1. The van der Waals surface area contributed by atoms with Gasteiger partial charge in [-0.1, -0.05) is 0 Å². The molecule has 1 amide bonds. The maximum Gasteiger partial charge on any atom is 0.321 e. The molecule has 2 unspecified atom stereocenters. The fourth-order valence-corrected chi connectivity index (χ4v) is 3.46. The smallest absolute Gasteiger partial charge is 0.321 e. The highest BCUT2D eigenvalue weighted by Gasteiger charge is 2.43. The van der Waals surface area contributed by atoms with Gasteiger partial charge in [-0.2, -0.15) is 0 Å². The van der Waals surface area contributed by atoms with Gasteiger partial charge in [0.05, 0.1) is 12.9 Å². The molecule has 4 rings (SSSR count). The molecular formula is C19H22N6O4. The van der Waals surface area contributed by atoms with E-state index >= 15 is 0 Å². The number of aromatic nitrogens is 2. The fourth-order valence-electron chi connectivity index (χ4n) is 3.46. The number of rotatable bonds is 4. The lowest BCUT2D eigenvalue weighted by Crippen LogP contribution is -2.57. The minimum Gasteiger partial charge on any atom is -0.467 e. The van der Waals surface area contributed by atoms with Crippen molar-refractivity contribution in [1.82, 2.24) is 20.2 Å². The summed E-state index contributed by atoms with van der Waals surface area (Å²) in [5.74, 6) is -0.567. The van der Waals surface area contributed by atoms with E-state index in [0.717, 1.165) is 0 Å². The average molecular weight is 398 g/mol. The number of esters is 1. The second-order valence-electron chi connectivity index (χ2n) is 6.65. The topological polar surface area (TPSA) is 113 Å². The Bertz CT molecular complexity index is 877. The number of piperazine rings is 1. The molecule has 2 aliphatic rings. The lowest BCUT2D eigenvalue weighted by atomic mass is 9.95. The van der Waals surface area contributed by atoms with Crippen LogP contribution in [0.1, 0.15) is 18.7 Å². The van der Waals surface area contributed by atoms with Crippen molar-refractivity contribution in [2.75, 3.05) is 37.7 Å². The Balaban J connectivity index is 1.53. The predicted molar refractivity (Wildman–Crippen MR) is 103 cm³/mol. The molecule has 0 aromatic carbocycles. The standard InChI is InChI=1S/C19H22N6O4/c1-2-28-17(27)14-15(13-5-3-12-29-13)22-19(23-16(14)26)25-10-8-24(9-11-25)18-20-6-4-7-21-18/h3-7,12,14-15H,2,8-11H2,1H3,(H,22,23,26). The van der Waals surface area contributed by atoms with Crippen molar-refractivity contribution < 1.29 is 18.7 Å². The van der Waals surface area contributed by atoms with Gasteiger partial charge >= 0.3 is 5.97 Å². The summed E-state index contributed by atoms with van der Waals surface area (Å²) in [4.78, 5) is 42.4. The summed E-state index contributed by atoms with van der Waals surface area (Å²) in [6.45, 7) is 4.52. The second kappa shape index (κ2) is 8.29. The van der Waals surface area contributed by atoms with Crippen molar-refractivity contribution in [1.29, 1.82) is 0 Å². The zero-order valence-electron chi connectivity index (χ0n) is 16.0. The van der Waals surface area contributed by atoms with Crippen molar-refractivity contribution >= 4 is 23.8 Å². The van der Waals surface area contributed by atoms with E-state index < -0.39 is 23.8 Å². The second-order valence-corrected chi connectivity index (χ2v) is 6.65. The van der Waals surface area contributed by atoms with Gasteiger partial charge in [0.25, 0.3) is 0 Å². The van der Waals surface area contributed by atoms with E-state index in [0.29, 0.717) is 43.8 Å². The van der Waals surface area contributed by atoms with Gasteiger partial charge in [0.1, 0.15) is 11.8 Å². The number of furan rings is 1. The van der Waals surface area contributed by atoms with E-state index in [9.17, 15) is 9.59 Å². The van der Waals surface area contributed by atoms with Crippen LogP contribution in [0.2, 0.25) is 0 Å². The molecule has 0 saturated carbocycles. The van der Waals surface area contributed by atoms with E-state index in [-0.39, 0.29) is 6.61 Å². The fraction of sp³-hybridized carbons (Fsp3) is 0.421. The van der Waals surface area contributed by atoms with Gasteiger partial charge in [-0.05, 0) is 25.1 Å². The predicted octanol–water partition coefficient (Wildman–Crippen LogP) is 0.598. The highest BCUT2D eigenvalue weighted by atomic mass is 16.5. The van der Waals surface area contributed by atoms with E-state index in [4.69, 9.17) is 9.15 Å². The van der Waals surface area contributed by atoms with Crippen molar-refractivity contribution in [3.8, 4) is 0 Å². The summed E-state index contributed by atoms with van der Waals surface area (Å²) in [6.07, 6.45) is 4.92. The third kappa shape index (κ3) is 3.91. The number of carbonyl (C=O) groups is 2. The zero-order chi connectivity index (χ0) is 20.2. The summed E-state index contributed by atoms with van der Waals surface area (Å²) in [7, 11) is 0. The van der Waals surface area contributed by atoms with Crippen LogP contribution in [0.25, 0.3) is 0 Å². The third-order valence-electron chi connectivity index (χ3n) is 4.88. The summed E-state index contributed by atoms with van der Waals surface area (Å²) in [5.41, 5.74) is 0. The number of hydrogen-bond acceptors (Lipinski definition) is 9. The van der Waals surface area contributed by atoms with Crippen molar-refractivity contribution in [3.63, 3.8) is 0 Å². The minimum absolute atomic E-state index is 0.188. The molecule has 10 heteroatoms. The molecule has 2 atom stereocenters. The number of guanidine groups is 1. The van der Waals surface area contributed by atoms with Crippen molar-refractivity contribution in [2.24, 2.45) is 10.9 Å². The van der Waals surface area contributed by atoms with Gasteiger partial charge in [0.2, 0.25) is 17.8 Å². The lowest BCUT2D eigenvalue weighted by Gasteiger charge is -2.38. The molecular weight excluding hydrogens is 376 g/mol. The highest BCUT2D eigenvalue weighted by Crippen LogP contribution is 2.31. The molecule has 0 spiro atoms. The SMILES string of the molecule is CCOC(=O)C1C(=O)NC(N2CCN(c3ncccn3)CC2)=NC1c1ccco1. The van der Waals surface area contributed by atoms with Gasteiger partial charge in [-0.25, -0.2) is 15.0 Å². The van der Waals surface area contributed by atoms with Crippen LogP contribution in [0.3, 0.4) is 0 Å². The molecule has 0 radical (unpaired) electrons. The Morgan fingerprint density at radius 1 is 1.21 bits per heavy atom. The van der Waals surface area contributed by atoms with Gasteiger partial charge in [0, 0.05) is 38.6 Å². The Kier molecular flexibility index (Phi) is 5.41. The number of nitrogens with one attached hydrogen (secondary N) is 1. The van der Waals surface area contributed by atoms with Gasteiger partial charge in [-0.15, -0.1) is 0 Å². The molecule has 2 aromatic heterocycles. The summed E-state index contributed by atoms with van der Waals surface area (Å²) < 4.78 is 10.5. The Hall–Kier alpha value is -3.43. The van der Waals surface area contributed by atoms with Crippen LogP contribution in [0, 0.1) is 5.92 Å². The monoisotopic (exact) mass is 398 g/mol. The van der Waals surface area contributed by atoms with E-state index in [1.807, 2.05) is 4.90 Å². The molecule has 29 heavy (non-hydrogen) atoms. The number of anilines is 1. The molecule has 1 N–H and O–H groups in total. The van der Waals surface area contributed by atoms with E-state index in [1.54, 1.807) is 37.5 Å². The Labute approximate surface area is 167 Å². The molecule has 10 nitrogen and oxygen atoms in total. The van der Waals surface area contributed by atoms with Crippen LogP contribution in [-0.2, 0) is 14.3 Å². The van der Waals surface area contributed by atoms with Crippen molar-refractivity contribution in [2.45, 2.75) is 13.0 Å². The number of amides is 1. The van der Waals surface area contributed by atoms with Crippen LogP contribution in [0.5, 0.6) is 0 Å². The molecule has 4 heterocycles. The van der Waals surface area contributed by atoms with Crippen LogP contribution >= 0.6 is 0 Å². The van der Waals surface area contributed by atoms with Gasteiger partial charge in [0.15, 0.2) is 5.92 Å². The first kappa shape index (κ1) is 18.9. The van der Waals surface area contributed by atoms with Gasteiger partial charge in [-0.3, -0.25) is 14.9 Å². The zero-order valence-corrected chi connectivity index (χ0v) is 16.0. The molecule has 1 fully saturated rings. The Morgan fingerprint density at radius 2 is 1.93 bits per heavy atom. The minimum atomic E-state index is -1.08. The first-order valence-corrected chi connectivity index (χ1v) is 9.53. The average Bonchev–Trinajstić information content (AvgIpc) is 3.29.